The number of rotatable bonds is 4. The smallest absolute Gasteiger partial charge is 0.249 e. The molecule has 0 unspecified atom stereocenters. The second-order valence-electron chi connectivity index (χ2n) is 5.58. The molecule has 3 aromatic rings. The number of anilines is 2. The quantitative estimate of drug-likeness (QED) is 0.600. The van der Waals surface area contributed by atoms with Crippen molar-refractivity contribution in [2.45, 2.75) is 0 Å². The van der Waals surface area contributed by atoms with E-state index in [4.69, 9.17) is 18.0 Å². The average molecular weight is 365 g/mol. The molecule has 0 radical (unpaired) electrons. The molecule has 0 aliphatic rings. The predicted molar refractivity (Wildman–Crippen MR) is 107 cm³/mol. The number of benzene rings is 3. The van der Waals surface area contributed by atoms with Crippen molar-refractivity contribution < 1.29 is 9.18 Å². The fourth-order valence-corrected chi connectivity index (χ4v) is 2.78. The molecule has 1 amide bonds. The van der Waals surface area contributed by atoms with E-state index in [-0.39, 0.29) is 5.82 Å². The van der Waals surface area contributed by atoms with Crippen molar-refractivity contribution in [3.05, 3.63) is 84.2 Å². The zero-order chi connectivity index (χ0) is 18.5. The molecule has 0 spiro atoms. The van der Waals surface area contributed by atoms with Gasteiger partial charge in [0.25, 0.3) is 0 Å². The summed E-state index contributed by atoms with van der Waals surface area (Å²) in [6.07, 6.45) is 0. The van der Waals surface area contributed by atoms with Gasteiger partial charge in [-0.15, -0.1) is 0 Å². The highest BCUT2D eigenvalue weighted by molar-refractivity contribution is 7.80. The van der Waals surface area contributed by atoms with Crippen LogP contribution in [0.5, 0.6) is 0 Å². The molecule has 0 aromatic heterocycles. The van der Waals surface area contributed by atoms with Crippen LogP contribution in [-0.2, 0) is 0 Å². The molecule has 4 nitrogen and oxygen atoms in total. The molecule has 4 N–H and O–H groups in total. The van der Waals surface area contributed by atoms with Crippen LogP contribution in [0.2, 0.25) is 0 Å². The molecule has 6 heteroatoms. The Bertz CT molecular complexity index is 957. The first-order valence-electron chi connectivity index (χ1n) is 7.86. The Kier molecular flexibility index (Phi) is 5.24. The van der Waals surface area contributed by atoms with E-state index in [0.717, 1.165) is 16.8 Å². The largest absolute Gasteiger partial charge is 0.366 e. The number of amides is 1. The van der Waals surface area contributed by atoms with Crippen LogP contribution in [0.15, 0.2) is 72.8 Å². The SMILES string of the molecule is NC(=O)c1ccccc1-c1ccc(NC(=S)Nc2cccc(F)c2)cc1. The summed E-state index contributed by atoms with van der Waals surface area (Å²) in [6.45, 7) is 0. The Morgan fingerprint density at radius 2 is 1.58 bits per heavy atom. The fraction of sp³-hybridized carbons (Fsp3) is 0. The minimum Gasteiger partial charge on any atom is -0.366 e. The molecule has 0 aliphatic carbocycles. The maximum absolute atomic E-state index is 13.2. The van der Waals surface area contributed by atoms with Crippen LogP contribution >= 0.6 is 12.2 Å². The molecule has 3 aromatic carbocycles. The molecule has 0 aliphatic heterocycles. The molecular formula is C20H16FN3OS. The second-order valence-corrected chi connectivity index (χ2v) is 5.98. The van der Waals surface area contributed by atoms with Crippen molar-refractivity contribution >= 4 is 34.6 Å². The predicted octanol–water partition coefficient (Wildman–Crippen LogP) is 4.40. The lowest BCUT2D eigenvalue weighted by atomic mass is 9.99. The summed E-state index contributed by atoms with van der Waals surface area (Å²) in [7, 11) is 0. The Morgan fingerprint density at radius 1 is 0.885 bits per heavy atom. The normalized spacial score (nSPS) is 10.2. The summed E-state index contributed by atoms with van der Waals surface area (Å²) < 4.78 is 13.2. The van der Waals surface area contributed by atoms with Crippen LogP contribution in [0.1, 0.15) is 10.4 Å². The zero-order valence-electron chi connectivity index (χ0n) is 13.7. The van der Waals surface area contributed by atoms with E-state index in [1.165, 1.54) is 12.1 Å². The summed E-state index contributed by atoms with van der Waals surface area (Å²) in [4.78, 5) is 11.6. The number of primary amides is 1. The van der Waals surface area contributed by atoms with E-state index in [1.807, 2.05) is 36.4 Å². The van der Waals surface area contributed by atoms with Crippen LogP contribution < -0.4 is 16.4 Å². The van der Waals surface area contributed by atoms with Crippen molar-refractivity contribution in [3.63, 3.8) is 0 Å². The van der Waals surface area contributed by atoms with Crippen molar-refractivity contribution in [1.29, 1.82) is 0 Å². The van der Waals surface area contributed by atoms with Gasteiger partial charge in [0.05, 0.1) is 0 Å². The number of halogens is 1. The van der Waals surface area contributed by atoms with Gasteiger partial charge in [-0.1, -0.05) is 36.4 Å². The first-order valence-corrected chi connectivity index (χ1v) is 8.26. The van der Waals surface area contributed by atoms with E-state index < -0.39 is 5.91 Å². The zero-order valence-corrected chi connectivity index (χ0v) is 14.5. The molecule has 0 saturated heterocycles. The molecule has 0 saturated carbocycles. The van der Waals surface area contributed by atoms with Gasteiger partial charge in [0.2, 0.25) is 5.91 Å². The minimum absolute atomic E-state index is 0.338. The Hall–Kier alpha value is -3.25. The van der Waals surface area contributed by atoms with E-state index >= 15 is 0 Å². The van der Waals surface area contributed by atoms with Gasteiger partial charge < -0.3 is 16.4 Å². The van der Waals surface area contributed by atoms with E-state index in [0.29, 0.717) is 16.4 Å². The molecule has 130 valence electrons. The lowest BCUT2D eigenvalue weighted by Gasteiger charge is -2.12. The summed E-state index contributed by atoms with van der Waals surface area (Å²) in [5, 5.41) is 6.30. The van der Waals surface area contributed by atoms with Crippen molar-refractivity contribution in [3.8, 4) is 11.1 Å². The number of hydrogen-bond donors (Lipinski definition) is 3. The van der Waals surface area contributed by atoms with Gasteiger partial charge in [0, 0.05) is 16.9 Å². The third-order valence-electron chi connectivity index (χ3n) is 3.73. The third kappa shape index (κ3) is 4.23. The van der Waals surface area contributed by atoms with Gasteiger partial charge in [-0.2, -0.15) is 0 Å². The summed E-state index contributed by atoms with van der Waals surface area (Å²) >= 11 is 5.24. The van der Waals surface area contributed by atoms with Crippen molar-refractivity contribution in [2.24, 2.45) is 5.73 Å². The summed E-state index contributed by atoms with van der Waals surface area (Å²) in [5.41, 5.74) is 8.86. The number of hydrogen-bond acceptors (Lipinski definition) is 2. The number of nitrogens with two attached hydrogens (primary N) is 1. The van der Waals surface area contributed by atoms with Crippen molar-refractivity contribution in [1.82, 2.24) is 0 Å². The highest BCUT2D eigenvalue weighted by atomic mass is 32.1. The Morgan fingerprint density at radius 3 is 2.27 bits per heavy atom. The summed E-state index contributed by atoms with van der Waals surface area (Å²) in [5.74, 6) is -0.807. The van der Waals surface area contributed by atoms with E-state index in [1.54, 1.807) is 24.3 Å². The third-order valence-corrected chi connectivity index (χ3v) is 3.93. The lowest BCUT2D eigenvalue weighted by molar-refractivity contribution is 0.100. The fourth-order valence-electron chi connectivity index (χ4n) is 2.54. The van der Waals surface area contributed by atoms with Crippen LogP contribution in [0, 0.1) is 5.82 Å². The van der Waals surface area contributed by atoms with Gasteiger partial charge in [-0.3, -0.25) is 4.79 Å². The molecule has 3 rings (SSSR count). The number of carbonyl (C=O) groups excluding carboxylic acids is 1. The van der Waals surface area contributed by atoms with Crippen LogP contribution in [-0.4, -0.2) is 11.0 Å². The van der Waals surface area contributed by atoms with Crippen molar-refractivity contribution in [2.75, 3.05) is 10.6 Å². The molecule has 26 heavy (non-hydrogen) atoms. The van der Waals surface area contributed by atoms with Gasteiger partial charge >= 0.3 is 0 Å². The molecular weight excluding hydrogens is 349 g/mol. The number of nitrogens with one attached hydrogen (secondary N) is 2. The first-order chi connectivity index (χ1) is 12.5. The highest BCUT2D eigenvalue weighted by Crippen LogP contribution is 2.25. The van der Waals surface area contributed by atoms with Crippen LogP contribution in [0.3, 0.4) is 0 Å². The maximum atomic E-state index is 13.2. The van der Waals surface area contributed by atoms with E-state index in [2.05, 4.69) is 10.6 Å². The maximum Gasteiger partial charge on any atom is 0.249 e. The summed E-state index contributed by atoms with van der Waals surface area (Å²) in [6, 6.07) is 20.6. The highest BCUT2D eigenvalue weighted by Gasteiger charge is 2.09. The minimum atomic E-state index is -0.469. The van der Waals surface area contributed by atoms with E-state index in [9.17, 15) is 9.18 Å². The molecule has 0 heterocycles. The monoisotopic (exact) mass is 365 g/mol. The van der Waals surface area contributed by atoms with Gasteiger partial charge in [0.1, 0.15) is 5.82 Å². The molecule has 0 fully saturated rings. The van der Waals surface area contributed by atoms with Gasteiger partial charge in [-0.05, 0) is 59.7 Å². The number of thiocarbonyl (C=S) groups is 1. The molecule has 0 atom stereocenters. The Labute approximate surface area is 155 Å². The van der Waals surface area contributed by atoms with Gasteiger partial charge in [0.15, 0.2) is 5.11 Å². The average Bonchev–Trinajstić information content (AvgIpc) is 2.62. The van der Waals surface area contributed by atoms with Crippen LogP contribution in [0.25, 0.3) is 11.1 Å². The first kappa shape index (κ1) is 17.6. The Balaban J connectivity index is 1.72. The number of carbonyl (C=O) groups is 1. The van der Waals surface area contributed by atoms with Crippen LogP contribution in [0.4, 0.5) is 15.8 Å². The van der Waals surface area contributed by atoms with Gasteiger partial charge in [-0.25, -0.2) is 4.39 Å². The standard InChI is InChI=1S/C20H16FN3OS/c21-14-4-3-5-16(12-14)24-20(26)23-15-10-8-13(9-11-15)17-6-1-2-7-18(17)19(22)25/h1-12H,(H2,22,25)(H2,23,24,26). The lowest BCUT2D eigenvalue weighted by Crippen LogP contribution is -2.19. The molecule has 0 bridgehead atoms. The second kappa shape index (κ2) is 7.76. The topological polar surface area (TPSA) is 67.2 Å².